The van der Waals surface area contributed by atoms with Crippen LogP contribution in [-0.4, -0.2) is 43.6 Å². The van der Waals surface area contributed by atoms with Crippen LogP contribution in [0.5, 0.6) is 5.75 Å². The predicted octanol–water partition coefficient (Wildman–Crippen LogP) is 8.20. The second-order valence-corrected chi connectivity index (χ2v) is 16.3. The lowest BCUT2D eigenvalue weighted by Gasteiger charge is -2.29. The number of nitrogens with one attached hydrogen (secondary N) is 3. The first-order valence-corrected chi connectivity index (χ1v) is 19.4. The lowest BCUT2D eigenvalue weighted by Crippen LogP contribution is -2.43. The fraction of sp³-hybridized carbons (Fsp3) is 0.333. The number of hydrogen-bond donors (Lipinski definition) is 4. The van der Waals surface area contributed by atoms with E-state index in [1.54, 1.807) is 20.0 Å². The number of amides is 1. The summed E-state index contributed by atoms with van der Waals surface area (Å²) in [5.41, 5.74) is 5.08. The van der Waals surface area contributed by atoms with Crippen LogP contribution >= 0.6 is 15.9 Å². The molecule has 7 heterocycles. The topological polar surface area (TPSA) is 156 Å². The first-order valence-electron chi connectivity index (χ1n) is 18.6. The molecule has 4 atom stereocenters. The van der Waals surface area contributed by atoms with Gasteiger partial charge in [0.05, 0.1) is 6.20 Å². The molecule has 10 rings (SSSR count). The molecule has 3 aromatic carbocycles. The average Bonchev–Trinajstić information content (AvgIpc) is 3.99. The van der Waals surface area contributed by atoms with Crippen molar-refractivity contribution in [2.75, 3.05) is 5.32 Å². The molecule has 1 amide bonds. The van der Waals surface area contributed by atoms with Crippen LogP contribution in [0.1, 0.15) is 81.3 Å². The van der Waals surface area contributed by atoms with E-state index in [9.17, 15) is 14.7 Å². The number of rotatable bonds is 6. The molecule has 0 fully saturated rings. The highest BCUT2D eigenvalue weighted by molar-refractivity contribution is 9.10. The van der Waals surface area contributed by atoms with Crippen molar-refractivity contribution in [1.29, 1.82) is 0 Å². The summed E-state index contributed by atoms with van der Waals surface area (Å²) in [6, 6.07) is 15.7. The van der Waals surface area contributed by atoms with E-state index in [0.29, 0.717) is 23.0 Å². The number of nitrogens with zero attached hydrogens (tertiary/aromatic N) is 2. The SMILES string of the molecule is CCC(O)(CC)C(=O)C[C@H]1Cc2ccc3c(c2)C24c5cc(Br)cc(c5N[C@H]2O3)-c2cccc3[nH]cc(c23)-c2cnc(o2)-c2nc(oc24)[C@H](C(C)C)NC1=O. The highest BCUT2D eigenvalue weighted by Crippen LogP contribution is 2.62. The molecule has 6 aromatic rings. The Labute approximate surface area is 319 Å². The van der Waals surface area contributed by atoms with Gasteiger partial charge in [0.15, 0.2) is 29.2 Å². The van der Waals surface area contributed by atoms with Crippen molar-refractivity contribution in [3.05, 3.63) is 93.7 Å². The molecule has 4 aliphatic rings. The number of ether oxygens (including phenoxy) is 1. The maximum absolute atomic E-state index is 14.3. The van der Waals surface area contributed by atoms with Gasteiger partial charge in [-0.2, -0.15) is 0 Å². The number of Topliss-reactive ketones (excluding diaryl/α,β-unsaturated/α-hetero) is 1. The van der Waals surface area contributed by atoms with Gasteiger partial charge in [0.1, 0.15) is 22.8 Å². The van der Waals surface area contributed by atoms with Gasteiger partial charge >= 0.3 is 0 Å². The quantitative estimate of drug-likeness (QED) is 0.131. The lowest BCUT2D eigenvalue weighted by molar-refractivity contribution is -0.141. The highest BCUT2D eigenvalue weighted by atomic mass is 79.9. The molecule has 0 radical (unpaired) electrons. The molecule has 12 heteroatoms. The Bertz CT molecular complexity index is 2560. The van der Waals surface area contributed by atoms with E-state index in [0.717, 1.165) is 54.4 Å². The zero-order valence-corrected chi connectivity index (χ0v) is 31.8. The third-order valence-corrected chi connectivity index (χ3v) is 12.5. The molecular weight excluding hydrogens is 750 g/mol. The van der Waals surface area contributed by atoms with Crippen molar-refractivity contribution in [2.45, 2.75) is 76.7 Å². The molecular formula is C42H38BrN5O6. The summed E-state index contributed by atoms with van der Waals surface area (Å²) < 4.78 is 21.4. The van der Waals surface area contributed by atoms with Crippen LogP contribution < -0.4 is 15.4 Å². The second-order valence-electron chi connectivity index (χ2n) is 15.3. The summed E-state index contributed by atoms with van der Waals surface area (Å²) in [5.74, 6) is 0.682. The van der Waals surface area contributed by atoms with Gasteiger partial charge in [0.2, 0.25) is 17.7 Å². The first-order chi connectivity index (χ1) is 26.0. The lowest BCUT2D eigenvalue weighted by atomic mass is 9.72. The van der Waals surface area contributed by atoms with E-state index in [1.165, 1.54) is 0 Å². The van der Waals surface area contributed by atoms with Gasteiger partial charge in [0, 0.05) is 61.9 Å². The number of fused-ring (bicyclic) bond motifs is 7. The number of aromatic amines is 1. The van der Waals surface area contributed by atoms with Crippen LogP contribution in [0.15, 0.2) is 74.2 Å². The molecule has 0 saturated carbocycles. The normalized spacial score (nSPS) is 21.9. The number of anilines is 1. The molecule has 3 aromatic heterocycles. The van der Waals surface area contributed by atoms with Crippen molar-refractivity contribution in [3.63, 3.8) is 0 Å². The van der Waals surface area contributed by atoms with Crippen molar-refractivity contribution >= 4 is 44.2 Å². The third-order valence-electron chi connectivity index (χ3n) is 12.1. The van der Waals surface area contributed by atoms with Crippen LogP contribution in [-0.2, 0) is 21.4 Å². The van der Waals surface area contributed by atoms with E-state index in [1.807, 2.05) is 44.3 Å². The number of aliphatic hydroxyl groups is 1. The average molecular weight is 789 g/mol. The predicted molar refractivity (Wildman–Crippen MR) is 205 cm³/mol. The third kappa shape index (κ3) is 4.49. The number of hydrogen-bond acceptors (Lipinski definition) is 9. The Hall–Kier alpha value is -5.20. The zero-order valence-electron chi connectivity index (χ0n) is 30.2. The van der Waals surface area contributed by atoms with Crippen molar-refractivity contribution in [2.24, 2.45) is 11.8 Å². The number of halogens is 1. The minimum absolute atomic E-state index is 0.121. The Kier molecular flexibility index (Phi) is 7.20. The molecule has 1 unspecified atom stereocenters. The van der Waals surface area contributed by atoms with Crippen molar-refractivity contribution < 1.29 is 28.3 Å². The fourth-order valence-corrected chi connectivity index (χ4v) is 9.51. The van der Waals surface area contributed by atoms with Crippen LogP contribution in [0.2, 0.25) is 0 Å². The maximum atomic E-state index is 14.3. The molecule has 4 N–H and O–H groups in total. The summed E-state index contributed by atoms with van der Waals surface area (Å²) in [4.78, 5) is 41.4. The van der Waals surface area contributed by atoms with Crippen molar-refractivity contribution in [3.8, 4) is 39.8 Å². The Balaban J connectivity index is 1.28. The molecule has 0 saturated heterocycles. The highest BCUT2D eigenvalue weighted by Gasteiger charge is 2.62. The summed E-state index contributed by atoms with van der Waals surface area (Å²) in [6.45, 7) is 7.56. The Morgan fingerprint density at radius 3 is 2.69 bits per heavy atom. The summed E-state index contributed by atoms with van der Waals surface area (Å²) in [6.07, 6.45) is 3.67. The second kappa shape index (κ2) is 11.6. The fourth-order valence-electron chi connectivity index (χ4n) is 9.05. The number of oxazole rings is 2. The number of carbonyl (C=O) groups is 2. The van der Waals surface area contributed by atoms with E-state index >= 15 is 0 Å². The minimum Gasteiger partial charge on any atom is -0.469 e. The van der Waals surface area contributed by atoms with Crippen LogP contribution in [0.25, 0.3) is 44.9 Å². The number of carbonyl (C=O) groups excluding carboxylic acids is 2. The smallest absolute Gasteiger partial charge is 0.249 e. The van der Waals surface area contributed by atoms with Gasteiger partial charge in [-0.3, -0.25) is 9.59 Å². The number of ketones is 1. The zero-order chi connectivity index (χ0) is 37.3. The van der Waals surface area contributed by atoms with Crippen LogP contribution in [0.4, 0.5) is 5.69 Å². The maximum Gasteiger partial charge on any atom is 0.249 e. The van der Waals surface area contributed by atoms with Gasteiger partial charge in [-0.15, -0.1) is 0 Å². The van der Waals surface area contributed by atoms with Crippen LogP contribution in [0, 0.1) is 11.8 Å². The van der Waals surface area contributed by atoms with Crippen molar-refractivity contribution in [1.82, 2.24) is 20.3 Å². The number of aromatic nitrogens is 3. The monoisotopic (exact) mass is 787 g/mol. The molecule has 274 valence electrons. The van der Waals surface area contributed by atoms with E-state index in [2.05, 4.69) is 55.8 Å². The van der Waals surface area contributed by atoms with E-state index in [-0.39, 0.29) is 55.1 Å². The van der Waals surface area contributed by atoms with Gasteiger partial charge in [-0.1, -0.05) is 67.9 Å². The first kappa shape index (κ1) is 33.4. The molecule has 4 aliphatic heterocycles. The number of benzene rings is 3. The molecule has 54 heavy (non-hydrogen) atoms. The minimum atomic E-state index is -1.51. The number of H-pyrrole nitrogens is 1. The van der Waals surface area contributed by atoms with Gasteiger partial charge in [0.25, 0.3) is 0 Å². The summed E-state index contributed by atoms with van der Waals surface area (Å²) in [5, 5.41) is 19.2. The molecule has 11 nitrogen and oxygen atoms in total. The Morgan fingerprint density at radius 1 is 1.06 bits per heavy atom. The largest absolute Gasteiger partial charge is 0.469 e. The molecule has 10 bridgehead atoms. The van der Waals surface area contributed by atoms with E-state index < -0.39 is 29.2 Å². The van der Waals surface area contributed by atoms with Crippen LogP contribution in [0.3, 0.4) is 0 Å². The Morgan fingerprint density at radius 2 is 1.89 bits per heavy atom. The molecule has 1 spiro atoms. The summed E-state index contributed by atoms with van der Waals surface area (Å²) >= 11 is 3.88. The summed E-state index contributed by atoms with van der Waals surface area (Å²) in [7, 11) is 0. The van der Waals surface area contributed by atoms with E-state index in [4.69, 9.17) is 23.5 Å². The van der Waals surface area contributed by atoms with Gasteiger partial charge in [-0.05, 0) is 60.6 Å². The van der Waals surface area contributed by atoms with Gasteiger partial charge in [-0.25, -0.2) is 9.97 Å². The van der Waals surface area contributed by atoms with Gasteiger partial charge < -0.3 is 34.3 Å². The molecule has 0 aliphatic carbocycles. The standard InChI is InChI=1S/C42H38BrN5O6/c1-5-41(51,6-2)31(49)14-21-12-20-10-11-29-26(13-20)42-27-16-22(43)15-24(34(27)48-40(42)53-29)23-8-7-9-28-32(23)25(17-44-28)30-18-45-38(52-30)35-36(42)54-39(47-35)33(19(3)4)46-37(21)50/h7-11,13,15-19,21,33,40,44,48,51H,5-6,12,14H2,1-4H3,(H,46,50)/t21-,33+,40+,42?/m1/s1.